The van der Waals surface area contributed by atoms with Crippen molar-refractivity contribution in [3.05, 3.63) is 46.8 Å². The Morgan fingerprint density at radius 2 is 1.91 bits per heavy atom. The van der Waals surface area contributed by atoms with E-state index in [0.717, 1.165) is 17.4 Å². The van der Waals surface area contributed by atoms with E-state index in [4.69, 9.17) is 9.47 Å². The lowest BCUT2D eigenvalue weighted by atomic mass is 9.91. The number of aromatic nitrogens is 1. The van der Waals surface area contributed by atoms with Crippen LogP contribution in [0.4, 0.5) is 0 Å². The van der Waals surface area contributed by atoms with Crippen LogP contribution in [0.25, 0.3) is 0 Å². The molecule has 0 radical (unpaired) electrons. The lowest BCUT2D eigenvalue weighted by Crippen LogP contribution is -2.09. The molecule has 0 saturated heterocycles. The highest BCUT2D eigenvalue weighted by atomic mass is 16.5. The molecule has 0 bridgehead atoms. The average molecular weight is 301 g/mol. The standard InChI is InChI=1S/C17H19NO4/c1-10-7-12(21-3)8-16(22-4)17(10)13(9-19)14-5-6-15(20)11(2)18-14/h5-9,13,20H,1-4H3/t13-/m1/s1. The summed E-state index contributed by atoms with van der Waals surface area (Å²) in [6.07, 6.45) is 0.830. The van der Waals surface area contributed by atoms with Gasteiger partial charge in [0.25, 0.3) is 0 Å². The van der Waals surface area contributed by atoms with Crippen molar-refractivity contribution in [3.8, 4) is 17.2 Å². The molecule has 1 aromatic carbocycles. The van der Waals surface area contributed by atoms with Gasteiger partial charge < -0.3 is 19.4 Å². The van der Waals surface area contributed by atoms with Crippen LogP contribution in [-0.2, 0) is 4.79 Å². The number of benzene rings is 1. The van der Waals surface area contributed by atoms with Crippen LogP contribution in [-0.4, -0.2) is 30.6 Å². The number of hydrogen-bond donors (Lipinski definition) is 1. The van der Waals surface area contributed by atoms with Crippen LogP contribution in [0.15, 0.2) is 24.3 Å². The lowest BCUT2D eigenvalue weighted by molar-refractivity contribution is -0.108. The molecule has 0 aliphatic rings. The minimum absolute atomic E-state index is 0.104. The first kappa shape index (κ1) is 15.8. The van der Waals surface area contributed by atoms with Gasteiger partial charge in [-0.15, -0.1) is 0 Å². The number of ether oxygens (including phenoxy) is 2. The van der Waals surface area contributed by atoms with Crippen LogP contribution in [0.1, 0.15) is 28.4 Å². The SMILES string of the molecule is COc1cc(C)c([C@H](C=O)c2ccc(O)c(C)n2)c(OC)c1. The fraction of sp³-hybridized carbons (Fsp3) is 0.294. The van der Waals surface area contributed by atoms with Crippen LogP contribution >= 0.6 is 0 Å². The van der Waals surface area contributed by atoms with Gasteiger partial charge in [-0.05, 0) is 37.6 Å². The van der Waals surface area contributed by atoms with E-state index >= 15 is 0 Å². The zero-order valence-electron chi connectivity index (χ0n) is 13.1. The summed E-state index contributed by atoms with van der Waals surface area (Å²) < 4.78 is 10.6. The number of carbonyl (C=O) groups excluding carboxylic acids is 1. The molecule has 0 aliphatic carbocycles. The third-order valence-corrected chi connectivity index (χ3v) is 3.62. The molecular weight excluding hydrogens is 282 g/mol. The predicted molar refractivity (Wildman–Crippen MR) is 82.8 cm³/mol. The summed E-state index contributed by atoms with van der Waals surface area (Å²) in [6, 6.07) is 6.78. The number of carbonyl (C=O) groups is 1. The smallest absolute Gasteiger partial charge is 0.136 e. The Morgan fingerprint density at radius 1 is 1.18 bits per heavy atom. The van der Waals surface area contributed by atoms with Crippen molar-refractivity contribution in [2.45, 2.75) is 19.8 Å². The molecule has 0 aliphatic heterocycles. The van der Waals surface area contributed by atoms with Crippen molar-refractivity contribution >= 4 is 6.29 Å². The summed E-state index contributed by atoms with van der Waals surface area (Å²) in [6.45, 7) is 3.59. The van der Waals surface area contributed by atoms with Crippen molar-refractivity contribution < 1.29 is 19.4 Å². The fourth-order valence-corrected chi connectivity index (χ4v) is 2.45. The van der Waals surface area contributed by atoms with Crippen LogP contribution in [0.3, 0.4) is 0 Å². The second-order valence-electron chi connectivity index (χ2n) is 5.01. The Bertz CT molecular complexity index is 697. The molecule has 1 atom stereocenters. The van der Waals surface area contributed by atoms with Crippen molar-refractivity contribution in [3.63, 3.8) is 0 Å². The first-order valence-electron chi connectivity index (χ1n) is 6.86. The quantitative estimate of drug-likeness (QED) is 0.860. The predicted octanol–water partition coefficient (Wildman–Crippen LogP) is 2.75. The van der Waals surface area contributed by atoms with Gasteiger partial charge in [-0.3, -0.25) is 4.98 Å². The number of pyridine rings is 1. The third kappa shape index (κ3) is 2.88. The van der Waals surface area contributed by atoms with E-state index in [1.807, 2.05) is 13.0 Å². The fourth-order valence-electron chi connectivity index (χ4n) is 2.45. The number of aromatic hydroxyl groups is 1. The maximum absolute atomic E-state index is 11.7. The molecule has 116 valence electrons. The van der Waals surface area contributed by atoms with Gasteiger partial charge in [-0.2, -0.15) is 0 Å². The highest BCUT2D eigenvalue weighted by molar-refractivity contribution is 5.71. The first-order chi connectivity index (χ1) is 10.5. The molecule has 22 heavy (non-hydrogen) atoms. The van der Waals surface area contributed by atoms with Crippen LogP contribution in [0.5, 0.6) is 17.2 Å². The van der Waals surface area contributed by atoms with E-state index in [2.05, 4.69) is 4.98 Å². The lowest BCUT2D eigenvalue weighted by Gasteiger charge is -2.18. The van der Waals surface area contributed by atoms with Gasteiger partial charge in [0.15, 0.2) is 0 Å². The van der Waals surface area contributed by atoms with Gasteiger partial charge in [0.05, 0.1) is 31.5 Å². The molecule has 0 spiro atoms. The second kappa shape index (κ2) is 6.47. The van der Waals surface area contributed by atoms with Gasteiger partial charge in [-0.25, -0.2) is 0 Å². The minimum Gasteiger partial charge on any atom is -0.506 e. The highest BCUT2D eigenvalue weighted by Gasteiger charge is 2.23. The Hall–Kier alpha value is -2.56. The number of methoxy groups -OCH3 is 2. The largest absolute Gasteiger partial charge is 0.506 e. The highest BCUT2D eigenvalue weighted by Crippen LogP contribution is 2.36. The zero-order chi connectivity index (χ0) is 16.3. The summed E-state index contributed by atoms with van der Waals surface area (Å²) in [5, 5.41) is 9.60. The van der Waals surface area contributed by atoms with E-state index in [0.29, 0.717) is 22.9 Å². The van der Waals surface area contributed by atoms with Gasteiger partial charge in [0, 0.05) is 11.6 Å². The molecule has 1 N–H and O–H groups in total. The monoisotopic (exact) mass is 301 g/mol. The number of aryl methyl sites for hydroxylation is 2. The summed E-state index contributed by atoms with van der Waals surface area (Å²) in [7, 11) is 3.13. The van der Waals surface area contributed by atoms with Crippen molar-refractivity contribution in [2.24, 2.45) is 0 Å². The summed E-state index contributed by atoms with van der Waals surface area (Å²) >= 11 is 0. The van der Waals surface area contributed by atoms with Crippen molar-refractivity contribution in [1.82, 2.24) is 4.98 Å². The van der Waals surface area contributed by atoms with Gasteiger partial charge in [0.2, 0.25) is 0 Å². The Morgan fingerprint density at radius 3 is 2.45 bits per heavy atom. The Labute approximate surface area is 129 Å². The van der Waals surface area contributed by atoms with Crippen LogP contribution < -0.4 is 9.47 Å². The molecule has 1 aromatic heterocycles. The maximum Gasteiger partial charge on any atom is 0.136 e. The molecule has 5 heteroatoms. The van der Waals surface area contributed by atoms with E-state index in [9.17, 15) is 9.90 Å². The van der Waals surface area contributed by atoms with Crippen LogP contribution in [0.2, 0.25) is 0 Å². The van der Waals surface area contributed by atoms with Gasteiger partial charge >= 0.3 is 0 Å². The van der Waals surface area contributed by atoms with Gasteiger partial charge in [0.1, 0.15) is 23.5 Å². The van der Waals surface area contributed by atoms with E-state index in [1.54, 1.807) is 39.3 Å². The molecule has 2 aromatic rings. The Balaban J connectivity index is 2.60. The molecule has 5 nitrogen and oxygen atoms in total. The maximum atomic E-state index is 11.7. The number of aldehydes is 1. The third-order valence-electron chi connectivity index (χ3n) is 3.62. The molecule has 0 saturated carbocycles. The first-order valence-corrected chi connectivity index (χ1v) is 6.86. The van der Waals surface area contributed by atoms with Crippen molar-refractivity contribution in [1.29, 1.82) is 0 Å². The van der Waals surface area contributed by atoms with E-state index in [-0.39, 0.29) is 5.75 Å². The van der Waals surface area contributed by atoms with E-state index < -0.39 is 5.92 Å². The zero-order valence-corrected chi connectivity index (χ0v) is 13.1. The van der Waals surface area contributed by atoms with Gasteiger partial charge in [-0.1, -0.05) is 0 Å². The minimum atomic E-state index is -0.569. The molecular formula is C17H19NO4. The average Bonchev–Trinajstić information content (AvgIpc) is 2.52. The normalized spacial score (nSPS) is 11.8. The Kier molecular flexibility index (Phi) is 4.65. The second-order valence-corrected chi connectivity index (χ2v) is 5.01. The summed E-state index contributed by atoms with van der Waals surface area (Å²) in [5.74, 6) is 0.769. The number of hydrogen-bond acceptors (Lipinski definition) is 5. The molecule has 0 unspecified atom stereocenters. The number of rotatable bonds is 5. The van der Waals surface area contributed by atoms with E-state index in [1.165, 1.54) is 0 Å². The molecule has 2 rings (SSSR count). The number of nitrogens with zero attached hydrogens (tertiary/aromatic N) is 1. The summed E-state index contributed by atoms with van der Waals surface area (Å²) in [5.41, 5.74) is 2.67. The van der Waals surface area contributed by atoms with Crippen molar-refractivity contribution in [2.75, 3.05) is 14.2 Å². The molecule has 0 fully saturated rings. The molecule has 0 amide bonds. The molecule has 1 heterocycles. The van der Waals surface area contributed by atoms with Crippen LogP contribution in [0, 0.1) is 13.8 Å². The summed E-state index contributed by atoms with van der Waals surface area (Å²) in [4.78, 5) is 16.0. The topological polar surface area (TPSA) is 68.7 Å².